The Kier molecular flexibility index (Phi) is 108. The summed E-state index contributed by atoms with van der Waals surface area (Å²) in [7, 11) is 0. The smallest absolute Gasteiger partial charge is 1.00 e. The van der Waals surface area contributed by atoms with Crippen LogP contribution in [0, 0.1) is 0 Å². The Hall–Kier alpha value is -0.0106. The number of aliphatic carboxylic acids is 4. The summed E-state index contributed by atoms with van der Waals surface area (Å²) in [4.78, 5) is 35.6. The number of halogens is 2. The second-order valence-electron chi connectivity index (χ2n) is 2.99. The van der Waals surface area contributed by atoms with Crippen molar-refractivity contribution in [2.45, 2.75) is 33.8 Å². The number of aliphatic hydroxyl groups is 3. The number of carboxylic acids is 4. The van der Waals surface area contributed by atoms with Crippen LogP contribution in [-0.4, -0.2) is 81.6 Å². The molecule has 26 heavy (non-hydrogen) atoms. The van der Waals surface area contributed by atoms with Crippen LogP contribution in [0.2, 0.25) is 0 Å². The Labute approximate surface area is 198 Å². The van der Waals surface area contributed by atoms with E-state index in [4.69, 9.17) is 54.9 Å². The molecule has 0 aromatic carbocycles. The van der Waals surface area contributed by atoms with Gasteiger partial charge in [0, 0.05) is 23.9 Å². The molecule has 0 saturated carbocycles. The van der Waals surface area contributed by atoms with Crippen LogP contribution in [0.4, 0.5) is 0 Å². The van der Waals surface area contributed by atoms with Gasteiger partial charge in [0.15, 0.2) is 0 Å². The van der Waals surface area contributed by atoms with Crippen molar-refractivity contribution in [2.75, 3.05) is 13.2 Å². The van der Waals surface area contributed by atoms with Crippen molar-refractivity contribution in [1.82, 2.24) is 0 Å². The van der Waals surface area contributed by atoms with Gasteiger partial charge < -0.3 is 79.7 Å². The molecular weight excluding hydrogens is 495 g/mol. The van der Waals surface area contributed by atoms with Gasteiger partial charge in [0.2, 0.25) is 0 Å². The Morgan fingerprint density at radius 3 is 0.769 bits per heavy atom. The summed E-state index contributed by atoms with van der Waals surface area (Å²) in [5, 5.41) is 59.6. The molecule has 0 unspecified atom stereocenters. The van der Waals surface area contributed by atoms with Crippen LogP contribution in [0.3, 0.4) is 0 Å². The predicted octanol–water partition coefficient (Wildman–Crippen LogP) is -13.0. The van der Waals surface area contributed by atoms with Gasteiger partial charge in [-0.05, 0) is 27.7 Å². The van der Waals surface area contributed by atoms with E-state index >= 15 is 0 Å². The molecule has 0 radical (unpaired) electrons. The van der Waals surface area contributed by atoms with E-state index in [9.17, 15) is 0 Å². The maximum Gasteiger partial charge on any atom is 4.00 e. The molecule has 15 heteroatoms. The van der Waals surface area contributed by atoms with Crippen LogP contribution in [-0.2, 0) is 45.4 Å². The summed E-state index contributed by atoms with van der Waals surface area (Å²) in [6.45, 7) is 3.16. The number of hydrogen-bond donors (Lipinski definition) is 3. The Morgan fingerprint density at radius 2 is 0.769 bits per heavy atom. The molecule has 11 nitrogen and oxygen atoms in total. The van der Waals surface area contributed by atoms with Crippen molar-refractivity contribution in [3.63, 3.8) is 0 Å². The van der Waals surface area contributed by atoms with Crippen molar-refractivity contribution < 1.29 is 106 Å². The van der Waals surface area contributed by atoms with Gasteiger partial charge in [0.25, 0.3) is 0 Å². The largest absolute Gasteiger partial charge is 4.00 e. The zero-order valence-electron chi connectivity index (χ0n) is 14.6. The van der Waals surface area contributed by atoms with Crippen molar-refractivity contribution >= 4 is 46.9 Å². The molecule has 0 atom stereocenters. The fourth-order valence-corrected chi connectivity index (χ4v) is 0.0577. The third kappa shape index (κ3) is 797. The molecule has 0 aromatic heterocycles. The monoisotopic (exact) mass is 512 g/mol. The molecule has 0 aliphatic carbocycles. The molecule has 0 aliphatic rings. The molecular formula is C11H20Cl2MgO11Zr. The SMILES string of the molecule is CC(=O)[O-].CC(=O)[O-].CC(=O)[O-].CC(=O)[O-].OCC(O)CO.[Cl-].[Cl-].[Mg+2].[Zr+4]. The second kappa shape index (κ2) is 49.8. The molecule has 0 aromatic rings. The fraction of sp³-hybridized carbons (Fsp3) is 0.636. The normalized spacial score (nSPS) is 6.15. The molecule has 0 saturated heterocycles. The molecule has 0 amide bonds. The van der Waals surface area contributed by atoms with Gasteiger partial charge in [0.05, 0.1) is 13.2 Å². The molecule has 0 heterocycles. The summed E-state index contributed by atoms with van der Waals surface area (Å²) in [6, 6.07) is 0. The zero-order chi connectivity index (χ0) is 19.3. The van der Waals surface area contributed by atoms with Gasteiger partial charge in [-0.1, -0.05) is 0 Å². The second-order valence-corrected chi connectivity index (χ2v) is 2.99. The maximum atomic E-state index is 8.89. The quantitative estimate of drug-likeness (QED) is 0.293. The van der Waals surface area contributed by atoms with E-state index in [0.717, 1.165) is 27.7 Å². The van der Waals surface area contributed by atoms with Crippen molar-refractivity contribution in [3.05, 3.63) is 0 Å². The summed E-state index contributed by atoms with van der Waals surface area (Å²) in [5.74, 6) is -4.33. The van der Waals surface area contributed by atoms with Crippen LogP contribution < -0.4 is 45.2 Å². The topological polar surface area (TPSA) is 221 Å². The molecule has 0 fully saturated rings. The van der Waals surface area contributed by atoms with Gasteiger partial charge in [-0.25, -0.2) is 0 Å². The number of hydrogen-bond acceptors (Lipinski definition) is 11. The van der Waals surface area contributed by atoms with Crippen LogP contribution in [0.5, 0.6) is 0 Å². The zero-order valence-corrected chi connectivity index (χ0v) is 19.9. The maximum absolute atomic E-state index is 8.89. The number of rotatable bonds is 2. The molecule has 0 spiro atoms. The third-order valence-corrected chi connectivity index (χ3v) is 0.421. The first kappa shape index (κ1) is 56.2. The fourth-order valence-electron chi connectivity index (χ4n) is 0.0577. The van der Waals surface area contributed by atoms with Crippen LogP contribution in [0.25, 0.3) is 0 Å². The van der Waals surface area contributed by atoms with Gasteiger partial charge in [0.1, 0.15) is 6.10 Å². The molecule has 0 aliphatic heterocycles. The van der Waals surface area contributed by atoms with E-state index in [2.05, 4.69) is 0 Å². The first-order valence-electron chi connectivity index (χ1n) is 5.34. The molecule has 0 bridgehead atoms. The number of carbonyl (C=O) groups excluding carboxylic acids is 4. The standard InChI is InChI=1S/C3H8O3.4C2H4O2.2ClH.Mg.Zr/c4-1-3(6)2-5;4*1-2(3)4;;;;/h3-6H,1-2H2;4*1H3,(H,3,4);2*1H;;/q;;;;;;;+2;+4/p-6. The minimum atomic E-state index is -1.08. The minimum absolute atomic E-state index is 0. The molecule has 150 valence electrons. The number of aliphatic hydroxyl groups excluding tert-OH is 3. The summed E-state index contributed by atoms with van der Waals surface area (Å²) in [6.07, 6.45) is -0.954. The average molecular weight is 515 g/mol. The van der Waals surface area contributed by atoms with Crippen molar-refractivity contribution in [2.24, 2.45) is 0 Å². The molecule has 0 rings (SSSR count). The first-order valence-corrected chi connectivity index (χ1v) is 5.34. The van der Waals surface area contributed by atoms with Gasteiger partial charge in [-0.2, -0.15) is 0 Å². The van der Waals surface area contributed by atoms with Crippen molar-refractivity contribution in [1.29, 1.82) is 0 Å². The Balaban J connectivity index is -0.0000000193. The summed E-state index contributed by atoms with van der Waals surface area (Å²) < 4.78 is 0. The van der Waals surface area contributed by atoms with E-state index in [-0.39, 0.29) is 87.3 Å². The van der Waals surface area contributed by atoms with E-state index in [1.165, 1.54) is 0 Å². The Bertz CT molecular complexity index is 242. The van der Waals surface area contributed by atoms with Crippen LogP contribution in [0.15, 0.2) is 0 Å². The third-order valence-electron chi connectivity index (χ3n) is 0.421. The number of carbonyl (C=O) groups is 4. The van der Waals surface area contributed by atoms with Gasteiger partial charge in [-0.3, -0.25) is 0 Å². The van der Waals surface area contributed by atoms with E-state index in [0.29, 0.717) is 0 Å². The summed E-state index contributed by atoms with van der Waals surface area (Å²) in [5.41, 5.74) is 0. The minimum Gasteiger partial charge on any atom is -1.00 e. The summed E-state index contributed by atoms with van der Waals surface area (Å²) >= 11 is 0. The van der Waals surface area contributed by atoms with Gasteiger partial charge in [-0.15, -0.1) is 0 Å². The van der Waals surface area contributed by atoms with Crippen LogP contribution >= 0.6 is 0 Å². The van der Waals surface area contributed by atoms with Gasteiger partial charge >= 0.3 is 49.3 Å². The Morgan fingerprint density at radius 1 is 0.692 bits per heavy atom. The number of carboxylic acid groups (broad SMARTS) is 4. The van der Waals surface area contributed by atoms with E-state index in [1.54, 1.807) is 0 Å². The van der Waals surface area contributed by atoms with Crippen molar-refractivity contribution in [3.8, 4) is 0 Å². The average Bonchev–Trinajstić information content (AvgIpc) is 2.24. The van der Waals surface area contributed by atoms with Crippen LogP contribution in [0.1, 0.15) is 27.7 Å². The predicted molar refractivity (Wildman–Crippen MR) is 68.7 cm³/mol. The first-order chi connectivity index (χ1) is 9.74. The molecule has 3 N–H and O–H groups in total. The van der Waals surface area contributed by atoms with E-state index < -0.39 is 30.0 Å². The van der Waals surface area contributed by atoms with E-state index in [1.807, 2.05) is 0 Å².